The Hall–Kier alpha value is -1.84. The average Bonchev–Trinajstić information content (AvgIpc) is 2.46. The highest BCUT2D eigenvalue weighted by atomic mass is 16.2. The Balaban J connectivity index is 2.76. The van der Waals surface area contributed by atoms with E-state index in [0.717, 1.165) is 10.9 Å². The molecule has 0 saturated carbocycles. The number of nitrogens with two attached hydrogens (primary N) is 1. The molecule has 0 aliphatic rings. The second-order valence-electron chi connectivity index (χ2n) is 2.87. The highest BCUT2D eigenvalue weighted by Crippen LogP contribution is 2.12. The van der Waals surface area contributed by atoms with Gasteiger partial charge in [0.2, 0.25) is 0 Å². The van der Waals surface area contributed by atoms with Crippen molar-refractivity contribution < 1.29 is 4.79 Å². The number of fused-ring (bicyclic) bond motifs is 1. The number of amides is 1. The number of aryl methyl sites for hydroxylation is 1. The van der Waals surface area contributed by atoms with Crippen molar-refractivity contribution >= 4 is 17.1 Å². The normalized spacial score (nSPS) is 10.5. The molecule has 1 amide bonds. The van der Waals surface area contributed by atoms with Crippen LogP contribution in [0, 0.1) is 13.0 Å². The van der Waals surface area contributed by atoms with Gasteiger partial charge in [-0.15, -0.1) is 0 Å². The van der Waals surface area contributed by atoms with Crippen molar-refractivity contribution in [3.8, 4) is 0 Å². The molecule has 4 nitrogen and oxygen atoms in total. The zero-order valence-electron chi connectivity index (χ0n) is 7.11. The average molecular weight is 174 g/mol. The Morgan fingerprint density at radius 1 is 1.69 bits per heavy atom. The number of hydrogen-bond donors (Lipinski definition) is 1. The molecule has 0 aliphatic heterocycles. The van der Waals surface area contributed by atoms with Crippen LogP contribution in [-0.2, 0) is 0 Å². The number of rotatable bonds is 0. The van der Waals surface area contributed by atoms with Crippen molar-refractivity contribution in [2.75, 3.05) is 0 Å². The lowest BCUT2D eigenvalue weighted by molar-refractivity contribution is 0.251. The monoisotopic (exact) mass is 174 g/mol. The maximum atomic E-state index is 10.9. The summed E-state index contributed by atoms with van der Waals surface area (Å²) in [6.07, 6.45) is 3.19. The third kappa shape index (κ3) is 1.16. The predicted octanol–water partition coefficient (Wildman–Crippen LogP) is 1.07. The number of carbonyl (C=O) groups excluding carboxylic acids is 1. The van der Waals surface area contributed by atoms with Gasteiger partial charge in [-0.25, -0.2) is 9.78 Å². The Bertz CT molecular complexity index is 473. The van der Waals surface area contributed by atoms with Gasteiger partial charge in [-0.2, -0.15) is 0 Å². The minimum Gasteiger partial charge on any atom is -0.351 e. The van der Waals surface area contributed by atoms with E-state index in [2.05, 4.69) is 11.1 Å². The molecule has 65 valence electrons. The van der Waals surface area contributed by atoms with Crippen LogP contribution in [0.1, 0.15) is 5.56 Å². The van der Waals surface area contributed by atoms with Crippen LogP contribution in [0.25, 0.3) is 11.0 Å². The lowest BCUT2D eigenvalue weighted by Gasteiger charge is -1.97. The van der Waals surface area contributed by atoms with Crippen LogP contribution in [0.5, 0.6) is 0 Å². The molecular weight excluding hydrogens is 166 g/mol. The number of nitrogens with zero attached hydrogens (tertiary/aromatic N) is 2. The summed E-state index contributed by atoms with van der Waals surface area (Å²) in [5.74, 6) is 0. The number of primary amides is 1. The lowest BCUT2D eigenvalue weighted by atomic mass is 10.2. The van der Waals surface area contributed by atoms with Crippen LogP contribution < -0.4 is 5.73 Å². The highest BCUT2D eigenvalue weighted by Gasteiger charge is 2.05. The lowest BCUT2D eigenvalue weighted by Crippen LogP contribution is -2.18. The fraction of sp³-hybridized carbons (Fsp3) is 0.111. The summed E-state index contributed by atoms with van der Waals surface area (Å²) < 4.78 is 1.27. The van der Waals surface area contributed by atoms with Gasteiger partial charge in [-0.1, -0.05) is 0 Å². The summed E-state index contributed by atoms with van der Waals surface area (Å²) in [7, 11) is 0. The van der Waals surface area contributed by atoms with E-state index in [4.69, 9.17) is 5.73 Å². The van der Waals surface area contributed by atoms with E-state index in [9.17, 15) is 4.79 Å². The Morgan fingerprint density at radius 3 is 3.15 bits per heavy atom. The van der Waals surface area contributed by atoms with Gasteiger partial charge in [-0.3, -0.25) is 4.57 Å². The first-order chi connectivity index (χ1) is 6.18. The molecule has 13 heavy (non-hydrogen) atoms. The highest BCUT2D eigenvalue weighted by molar-refractivity contribution is 5.88. The van der Waals surface area contributed by atoms with Crippen LogP contribution in [0.2, 0.25) is 0 Å². The molecule has 2 aromatic heterocycles. The maximum absolute atomic E-state index is 10.9. The quantitative estimate of drug-likeness (QED) is 0.649. The van der Waals surface area contributed by atoms with Crippen molar-refractivity contribution in [1.82, 2.24) is 9.55 Å². The Labute approximate surface area is 75.0 Å². The minimum atomic E-state index is -0.539. The molecule has 0 aliphatic carbocycles. The topological polar surface area (TPSA) is 60.9 Å². The second kappa shape index (κ2) is 2.58. The number of pyridine rings is 1. The zero-order chi connectivity index (χ0) is 9.42. The number of carbonyl (C=O) groups is 1. The van der Waals surface area contributed by atoms with Gasteiger partial charge in [0.05, 0.1) is 0 Å². The van der Waals surface area contributed by atoms with Crippen LogP contribution in [0.3, 0.4) is 0 Å². The molecule has 0 saturated heterocycles. The van der Waals surface area contributed by atoms with E-state index < -0.39 is 6.03 Å². The smallest absolute Gasteiger partial charge is 0.324 e. The van der Waals surface area contributed by atoms with Crippen molar-refractivity contribution in [2.45, 2.75) is 6.92 Å². The molecule has 2 aromatic rings. The zero-order valence-corrected chi connectivity index (χ0v) is 7.11. The predicted molar refractivity (Wildman–Crippen MR) is 48.3 cm³/mol. The van der Waals surface area contributed by atoms with Gasteiger partial charge in [0.1, 0.15) is 5.65 Å². The summed E-state index contributed by atoms with van der Waals surface area (Å²) in [6, 6.07) is 4.28. The van der Waals surface area contributed by atoms with Gasteiger partial charge in [0.15, 0.2) is 0 Å². The van der Waals surface area contributed by atoms with Gasteiger partial charge in [-0.05, 0) is 18.6 Å². The van der Waals surface area contributed by atoms with E-state index in [-0.39, 0.29) is 0 Å². The van der Waals surface area contributed by atoms with Crippen LogP contribution in [0.4, 0.5) is 4.79 Å². The molecule has 1 radical (unpaired) electrons. The summed E-state index contributed by atoms with van der Waals surface area (Å²) in [5, 5.41) is 0.804. The molecule has 2 heterocycles. The SMILES string of the molecule is Cc1cnc2c([c]cn2C(N)=O)c1. The maximum Gasteiger partial charge on any atom is 0.324 e. The van der Waals surface area contributed by atoms with Crippen molar-refractivity contribution in [3.05, 3.63) is 30.1 Å². The van der Waals surface area contributed by atoms with Crippen LogP contribution >= 0.6 is 0 Å². The third-order valence-corrected chi connectivity index (χ3v) is 1.82. The fourth-order valence-corrected chi connectivity index (χ4v) is 1.22. The number of hydrogen-bond acceptors (Lipinski definition) is 2. The number of aromatic nitrogens is 2. The van der Waals surface area contributed by atoms with Crippen LogP contribution in [-0.4, -0.2) is 15.6 Å². The molecule has 0 spiro atoms. The molecule has 2 N–H and O–H groups in total. The van der Waals surface area contributed by atoms with E-state index in [1.807, 2.05) is 13.0 Å². The standard InChI is InChI=1S/C9H8N3O/c1-6-4-7-2-3-12(9(10)13)8(7)11-5-6/h3-5H,1H3,(H2,10,13). The van der Waals surface area contributed by atoms with Gasteiger partial charge < -0.3 is 5.73 Å². The first-order valence-electron chi connectivity index (χ1n) is 3.83. The van der Waals surface area contributed by atoms with E-state index in [1.54, 1.807) is 6.20 Å². The molecule has 4 heteroatoms. The first-order valence-corrected chi connectivity index (χ1v) is 3.83. The summed E-state index contributed by atoms with van der Waals surface area (Å²) in [5.41, 5.74) is 6.71. The Morgan fingerprint density at radius 2 is 2.46 bits per heavy atom. The summed E-state index contributed by atoms with van der Waals surface area (Å²) >= 11 is 0. The van der Waals surface area contributed by atoms with Crippen molar-refractivity contribution in [1.29, 1.82) is 0 Å². The largest absolute Gasteiger partial charge is 0.351 e. The van der Waals surface area contributed by atoms with Crippen molar-refractivity contribution in [2.24, 2.45) is 5.73 Å². The molecule has 0 atom stereocenters. The molecule has 2 rings (SSSR count). The van der Waals surface area contributed by atoms with E-state index in [0.29, 0.717) is 5.65 Å². The van der Waals surface area contributed by atoms with Gasteiger partial charge in [0.25, 0.3) is 0 Å². The molecule has 0 aromatic carbocycles. The van der Waals surface area contributed by atoms with Gasteiger partial charge >= 0.3 is 6.03 Å². The molecule has 0 unspecified atom stereocenters. The molecule has 0 bridgehead atoms. The van der Waals surface area contributed by atoms with Crippen molar-refractivity contribution in [3.63, 3.8) is 0 Å². The Kier molecular flexibility index (Phi) is 1.55. The van der Waals surface area contributed by atoms with E-state index >= 15 is 0 Å². The van der Waals surface area contributed by atoms with Crippen LogP contribution in [0.15, 0.2) is 18.5 Å². The third-order valence-electron chi connectivity index (χ3n) is 1.82. The first kappa shape index (κ1) is 7.79. The van der Waals surface area contributed by atoms with E-state index in [1.165, 1.54) is 10.8 Å². The minimum absolute atomic E-state index is 0.539. The molecular formula is C9H8N3O. The summed E-state index contributed by atoms with van der Waals surface area (Å²) in [6.45, 7) is 1.93. The van der Waals surface area contributed by atoms with Gasteiger partial charge in [0, 0.05) is 23.8 Å². The molecule has 0 fully saturated rings. The second-order valence-corrected chi connectivity index (χ2v) is 2.87. The summed E-state index contributed by atoms with van der Waals surface area (Å²) in [4.78, 5) is 15.0. The fourth-order valence-electron chi connectivity index (χ4n) is 1.22.